The highest BCUT2D eigenvalue weighted by Crippen LogP contribution is 2.39. The molecule has 0 aliphatic rings. The zero-order chi connectivity index (χ0) is 20.8. The Morgan fingerprint density at radius 3 is 2.38 bits per heavy atom. The van der Waals surface area contributed by atoms with Crippen molar-refractivity contribution in [2.75, 3.05) is 21.3 Å². The fraction of sp³-hybridized carbons (Fsp3) is 0.238. The largest absolute Gasteiger partial charge is 0.493 e. The molecule has 0 saturated heterocycles. The molecule has 0 aliphatic carbocycles. The van der Waals surface area contributed by atoms with Gasteiger partial charge in [0.25, 0.3) is 5.69 Å². The van der Waals surface area contributed by atoms with Gasteiger partial charge < -0.3 is 23.9 Å². The van der Waals surface area contributed by atoms with Crippen LogP contribution in [0.2, 0.25) is 0 Å². The fourth-order valence-electron chi connectivity index (χ4n) is 3.08. The monoisotopic (exact) mass is 398 g/mol. The Labute approximate surface area is 168 Å². The first-order valence-electron chi connectivity index (χ1n) is 8.90. The van der Waals surface area contributed by atoms with Crippen molar-refractivity contribution >= 4 is 5.69 Å². The highest BCUT2D eigenvalue weighted by molar-refractivity contribution is 5.69. The smallest absolute Gasteiger partial charge is 0.280 e. The number of nitrogens with zero attached hydrogens (tertiary/aromatic N) is 1. The standard InChI is InChI=1S/C21H22N2O6/c1-26-19-10-8-14(20(27-2)21(19)28-3)12-22-13-15-9-11-18(29-15)16-6-4-5-7-17(16)23(24)25/h4-11,22H,12-13H2,1-3H3. The molecule has 0 aliphatic heterocycles. The molecule has 8 nitrogen and oxygen atoms in total. The third-order valence-electron chi connectivity index (χ3n) is 4.43. The normalized spacial score (nSPS) is 10.6. The van der Waals surface area contributed by atoms with Gasteiger partial charge in [-0.25, -0.2) is 0 Å². The Balaban J connectivity index is 1.71. The van der Waals surface area contributed by atoms with Crippen molar-refractivity contribution in [1.82, 2.24) is 5.32 Å². The molecule has 1 N–H and O–H groups in total. The molecular weight excluding hydrogens is 376 g/mol. The minimum Gasteiger partial charge on any atom is -0.493 e. The molecule has 8 heteroatoms. The second-order valence-corrected chi connectivity index (χ2v) is 6.14. The van der Waals surface area contributed by atoms with E-state index >= 15 is 0 Å². The zero-order valence-corrected chi connectivity index (χ0v) is 16.4. The minimum absolute atomic E-state index is 0.0106. The number of hydrogen-bond donors (Lipinski definition) is 1. The molecule has 0 fully saturated rings. The van der Waals surface area contributed by atoms with E-state index < -0.39 is 4.92 Å². The maximum absolute atomic E-state index is 11.2. The molecule has 152 valence electrons. The Bertz CT molecular complexity index is 999. The third-order valence-corrected chi connectivity index (χ3v) is 4.43. The van der Waals surface area contributed by atoms with Gasteiger partial charge in [-0.2, -0.15) is 0 Å². The minimum atomic E-state index is -0.418. The van der Waals surface area contributed by atoms with E-state index in [2.05, 4.69) is 5.32 Å². The first-order valence-corrected chi connectivity index (χ1v) is 8.90. The van der Waals surface area contributed by atoms with E-state index in [0.717, 1.165) is 5.56 Å². The van der Waals surface area contributed by atoms with E-state index in [0.29, 0.717) is 47.4 Å². The molecule has 2 aromatic carbocycles. The molecule has 1 aromatic heterocycles. The van der Waals surface area contributed by atoms with Crippen LogP contribution in [-0.4, -0.2) is 26.3 Å². The summed E-state index contributed by atoms with van der Waals surface area (Å²) in [6, 6.07) is 13.7. The molecule has 1 heterocycles. The van der Waals surface area contributed by atoms with E-state index in [-0.39, 0.29) is 5.69 Å². The Morgan fingerprint density at radius 1 is 0.931 bits per heavy atom. The Morgan fingerprint density at radius 2 is 1.69 bits per heavy atom. The van der Waals surface area contributed by atoms with Crippen molar-refractivity contribution < 1.29 is 23.6 Å². The molecule has 0 radical (unpaired) electrons. The summed E-state index contributed by atoms with van der Waals surface area (Å²) in [5.41, 5.74) is 1.36. The van der Waals surface area contributed by atoms with E-state index in [9.17, 15) is 10.1 Å². The number of ether oxygens (including phenoxy) is 3. The van der Waals surface area contributed by atoms with Crippen LogP contribution >= 0.6 is 0 Å². The average molecular weight is 398 g/mol. The van der Waals surface area contributed by atoms with Gasteiger partial charge in [0.2, 0.25) is 5.75 Å². The molecule has 0 saturated carbocycles. The molecule has 0 atom stereocenters. The molecule has 29 heavy (non-hydrogen) atoms. The van der Waals surface area contributed by atoms with E-state index in [4.69, 9.17) is 18.6 Å². The van der Waals surface area contributed by atoms with Crippen molar-refractivity contribution in [3.05, 3.63) is 70.0 Å². The van der Waals surface area contributed by atoms with Crippen LogP contribution in [-0.2, 0) is 13.1 Å². The number of nitro groups is 1. The Kier molecular flexibility index (Phi) is 6.36. The first-order chi connectivity index (χ1) is 14.1. The number of rotatable bonds is 9. The second-order valence-electron chi connectivity index (χ2n) is 6.14. The first kappa shape index (κ1) is 20.2. The molecule has 0 unspecified atom stereocenters. The van der Waals surface area contributed by atoms with Gasteiger partial charge in [0.1, 0.15) is 11.5 Å². The highest BCUT2D eigenvalue weighted by Gasteiger charge is 2.18. The number of benzene rings is 2. The maximum atomic E-state index is 11.2. The van der Waals surface area contributed by atoms with Crippen LogP contribution in [0.5, 0.6) is 17.2 Å². The molecule has 0 amide bonds. The van der Waals surface area contributed by atoms with Gasteiger partial charge in [0.05, 0.1) is 38.4 Å². The van der Waals surface area contributed by atoms with Crippen LogP contribution in [0.15, 0.2) is 52.9 Å². The zero-order valence-electron chi connectivity index (χ0n) is 16.4. The van der Waals surface area contributed by atoms with Crippen molar-refractivity contribution in [2.45, 2.75) is 13.1 Å². The third kappa shape index (κ3) is 4.33. The molecule has 0 spiro atoms. The second kappa shape index (κ2) is 9.11. The summed E-state index contributed by atoms with van der Waals surface area (Å²) in [6.07, 6.45) is 0. The van der Waals surface area contributed by atoms with Crippen LogP contribution in [0, 0.1) is 10.1 Å². The fourth-order valence-corrected chi connectivity index (χ4v) is 3.08. The van der Waals surface area contributed by atoms with Crippen LogP contribution < -0.4 is 19.5 Å². The average Bonchev–Trinajstić information content (AvgIpc) is 3.21. The Hall–Kier alpha value is -3.52. The van der Waals surface area contributed by atoms with Gasteiger partial charge in [-0.15, -0.1) is 0 Å². The van der Waals surface area contributed by atoms with Crippen molar-refractivity contribution in [3.63, 3.8) is 0 Å². The van der Waals surface area contributed by atoms with Gasteiger partial charge in [0, 0.05) is 18.2 Å². The van der Waals surface area contributed by atoms with Crippen LogP contribution in [0.4, 0.5) is 5.69 Å². The summed E-state index contributed by atoms with van der Waals surface area (Å²) < 4.78 is 22.0. The number of furan rings is 1. The number of nitro benzene ring substituents is 1. The van der Waals surface area contributed by atoms with Gasteiger partial charge in [-0.3, -0.25) is 10.1 Å². The van der Waals surface area contributed by atoms with Crippen LogP contribution in [0.3, 0.4) is 0 Å². The summed E-state index contributed by atoms with van der Waals surface area (Å²) in [6.45, 7) is 0.948. The molecule has 3 aromatic rings. The SMILES string of the molecule is COc1ccc(CNCc2ccc(-c3ccccc3[N+](=O)[O-])o2)c(OC)c1OC. The van der Waals surface area contributed by atoms with Gasteiger partial charge in [-0.1, -0.05) is 18.2 Å². The summed E-state index contributed by atoms with van der Waals surface area (Å²) in [7, 11) is 4.71. The van der Waals surface area contributed by atoms with E-state index in [1.54, 1.807) is 51.7 Å². The number of nitrogens with one attached hydrogen (secondary N) is 1. The summed E-state index contributed by atoms with van der Waals surface area (Å²) in [5, 5.41) is 14.5. The van der Waals surface area contributed by atoms with Gasteiger partial charge >= 0.3 is 0 Å². The quantitative estimate of drug-likeness (QED) is 0.427. The number of para-hydroxylation sites is 1. The lowest BCUT2D eigenvalue weighted by Gasteiger charge is -2.15. The summed E-state index contributed by atoms with van der Waals surface area (Å²) in [5.74, 6) is 2.84. The van der Waals surface area contributed by atoms with Crippen LogP contribution in [0.1, 0.15) is 11.3 Å². The van der Waals surface area contributed by atoms with Crippen molar-refractivity contribution in [1.29, 1.82) is 0 Å². The molecule has 0 bridgehead atoms. The molecular formula is C21H22N2O6. The lowest BCUT2D eigenvalue weighted by atomic mass is 10.1. The number of methoxy groups -OCH3 is 3. The van der Waals surface area contributed by atoms with E-state index in [1.807, 2.05) is 12.1 Å². The van der Waals surface area contributed by atoms with Gasteiger partial charge in [-0.05, 0) is 24.3 Å². The predicted molar refractivity (Wildman–Crippen MR) is 107 cm³/mol. The van der Waals surface area contributed by atoms with Crippen molar-refractivity contribution in [2.24, 2.45) is 0 Å². The highest BCUT2D eigenvalue weighted by atomic mass is 16.6. The van der Waals surface area contributed by atoms with Gasteiger partial charge in [0.15, 0.2) is 11.5 Å². The van der Waals surface area contributed by atoms with Crippen molar-refractivity contribution in [3.8, 4) is 28.6 Å². The lowest BCUT2D eigenvalue weighted by Crippen LogP contribution is -2.13. The van der Waals surface area contributed by atoms with Crippen LogP contribution in [0.25, 0.3) is 11.3 Å². The number of hydrogen-bond acceptors (Lipinski definition) is 7. The summed E-state index contributed by atoms with van der Waals surface area (Å²) >= 11 is 0. The lowest BCUT2D eigenvalue weighted by molar-refractivity contribution is -0.384. The maximum Gasteiger partial charge on any atom is 0.280 e. The topological polar surface area (TPSA) is 96.0 Å². The summed E-state index contributed by atoms with van der Waals surface area (Å²) in [4.78, 5) is 10.8. The van der Waals surface area contributed by atoms with E-state index in [1.165, 1.54) is 6.07 Å². The predicted octanol–water partition coefficient (Wildman–Crippen LogP) is 4.17. The molecule has 3 rings (SSSR count).